The molecule has 1 fully saturated rings. The van der Waals surface area contributed by atoms with Crippen molar-refractivity contribution in [3.63, 3.8) is 0 Å². The normalized spacial score (nSPS) is 14.8. The second-order valence-corrected chi connectivity index (χ2v) is 5.05. The van der Waals surface area contributed by atoms with Crippen LogP contribution in [-0.4, -0.2) is 34.5 Å². The SMILES string of the molecule is CC(C)CN(C(=O)c1occc1C(=O)O)C1CC1. The van der Waals surface area contributed by atoms with Gasteiger partial charge in [0.25, 0.3) is 5.91 Å². The molecule has 1 saturated carbocycles. The second-order valence-electron chi connectivity index (χ2n) is 5.05. The first kappa shape index (κ1) is 12.7. The number of hydrogen-bond donors (Lipinski definition) is 1. The molecule has 0 aromatic carbocycles. The zero-order chi connectivity index (χ0) is 13.3. The van der Waals surface area contributed by atoms with Crippen molar-refractivity contribution >= 4 is 11.9 Å². The van der Waals surface area contributed by atoms with E-state index in [0.717, 1.165) is 12.8 Å². The standard InChI is InChI=1S/C13H17NO4/c1-8(2)7-14(9-3-4-9)12(15)11-10(13(16)17)5-6-18-11/h5-6,8-9H,3-4,7H2,1-2H3,(H,16,17). The molecule has 5 heteroatoms. The van der Waals surface area contributed by atoms with E-state index in [2.05, 4.69) is 0 Å². The Labute approximate surface area is 105 Å². The first-order valence-electron chi connectivity index (χ1n) is 6.12. The molecule has 1 N–H and O–H groups in total. The molecule has 98 valence electrons. The van der Waals surface area contributed by atoms with E-state index in [1.807, 2.05) is 13.8 Å². The summed E-state index contributed by atoms with van der Waals surface area (Å²) in [5, 5.41) is 8.99. The minimum absolute atomic E-state index is 0.0601. The van der Waals surface area contributed by atoms with Gasteiger partial charge in [-0.05, 0) is 24.8 Å². The van der Waals surface area contributed by atoms with Crippen LogP contribution in [0.15, 0.2) is 16.7 Å². The fourth-order valence-electron chi connectivity index (χ4n) is 1.95. The van der Waals surface area contributed by atoms with E-state index in [1.165, 1.54) is 12.3 Å². The highest BCUT2D eigenvalue weighted by Crippen LogP contribution is 2.29. The molecule has 5 nitrogen and oxygen atoms in total. The molecular weight excluding hydrogens is 234 g/mol. The molecule has 1 aromatic rings. The maximum absolute atomic E-state index is 12.3. The molecule has 0 aliphatic heterocycles. The largest absolute Gasteiger partial charge is 0.478 e. The smallest absolute Gasteiger partial charge is 0.339 e. The Kier molecular flexibility index (Phi) is 3.41. The number of amides is 1. The van der Waals surface area contributed by atoms with Crippen molar-refractivity contribution in [2.75, 3.05) is 6.54 Å². The number of aromatic carboxylic acids is 1. The Morgan fingerprint density at radius 3 is 2.67 bits per heavy atom. The molecule has 1 amide bonds. The third-order valence-electron chi connectivity index (χ3n) is 2.90. The summed E-state index contributed by atoms with van der Waals surface area (Å²) < 4.78 is 5.06. The van der Waals surface area contributed by atoms with Gasteiger partial charge in [-0.3, -0.25) is 4.79 Å². The van der Waals surface area contributed by atoms with Crippen molar-refractivity contribution in [1.82, 2.24) is 4.90 Å². The van der Waals surface area contributed by atoms with Gasteiger partial charge in [-0.15, -0.1) is 0 Å². The molecule has 1 heterocycles. The predicted molar refractivity (Wildman–Crippen MR) is 64.6 cm³/mol. The Bertz CT molecular complexity index is 459. The third kappa shape index (κ3) is 2.55. The van der Waals surface area contributed by atoms with E-state index in [4.69, 9.17) is 9.52 Å². The van der Waals surface area contributed by atoms with Gasteiger partial charge >= 0.3 is 5.97 Å². The van der Waals surface area contributed by atoms with Gasteiger partial charge in [-0.2, -0.15) is 0 Å². The fourth-order valence-corrected chi connectivity index (χ4v) is 1.95. The van der Waals surface area contributed by atoms with Crippen molar-refractivity contribution in [2.24, 2.45) is 5.92 Å². The van der Waals surface area contributed by atoms with Gasteiger partial charge in [-0.1, -0.05) is 13.8 Å². The van der Waals surface area contributed by atoms with Gasteiger partial charge < -0.3 is 14.4 Å². The van der Waals surface area contributed by atoms with E-state index < -0.39 is 5.97 Å². The lowest BCUT2D eigenvalue weighted by Crippen LogP contribution is -2.36. The Balaban J connectivity index is 2.22. The average Bonchev–Trinajstić information content (AvgIpc) is 3.00. The summed E-state index contributed by atoms with van der Waals surface area (Å²) in [7, 11) is 0. The molecule has 18 heavy (non-hydrogen) atoms. The van der Waals surface area contributed by atoms with Crippen LogP contribution in [0.4, 0.5) is 0 Å². The first-order chi connectivity index (χ1) is 8.50. The molecule has 2 rings (SSSR count). The number of furan rings is 1. The van der Waals surface area contributed by atoms with Gasteiger partial charge in [0.15, 0.2) is 0 Å². The molecule has 0 radical (unpaired) electrons. The quantitative estimate of drug-likeness (QED) is 0.871. The van der Waals surface area contributed by atoms with E-state index in [1.54, 1.807) is 4.90 Å². The van der Waals surface area contributed by atoms with E-state index >= 15 is 0 Å². The molecular formula is C13H17NO4. The van der Waals surface area contributed by atoms with Crippen molar-refractivity contribution in [1.29, 1.82) is 0 Å². The van der Waals surface area contributed by atoms with E-state index in [9.17, 15) is 9.59 Å². The number of carbonyl (C=O) groups is 2. The number of carbonyl (C=O) groups excluding carboxylic acids is 1. The summed E-state index contributed by atoms with van der Waals surface area (Å²) >= 11 is 0. The predicted octanol–water partition coefficient (Wildman–Crippen LogP) is 2.24. The van der Waals surface area contributed by atoms with Gasteiger partial charge in [0.2, 0.25) is 5.76 Å². The minimum atomic E-state index is -1.13. The lowest BCUT2D eigenvalue weighted by atomic mass is 10.1. The molecule has 0 atom stereocenters. The maximum atomic E-state index is 12.3. The molecule has 1 aromatic heterocycles. The summed E-state index contributed by atoms with van der Waals surface area (Å²) in [4.78, 5) is 25.0. The van der Waals surface area contributed by atoms with Crippen LogP contribution in [0, 0.1) is 5.92 Å². The van der Waals surface area contributed by atoms with Gasteiger partial charge in [0.05, 0.1) is 6.26 Å². The summed E-state index contributed by atoms with van der Waals surface area (Å²) in [5.74, 6) is -1.16. The van der Waals surface area contributed by atoms with Crippen molar-refractivity contribution in [2.45, 2.75) is 32.7 Å². The highest BCUT2D eigenvalue weighted by Gasteiger charge is 2.36. The Morgan fingerprint density at radius 2 is 2.17 bits per heavy atom. The highest BCUT2D eigenvalue weighted by molar-refractivity contribution is 6.02. The highest BCUT2D eigenvalue weighted by atomic mass is 16.4. The van der Waals surface area contributed by atoms with Gasteiger partial charge in [0, 0.05) is 12.6 Å². The summed E-state index contributed by atoms with van der Waals surface area (Å²) in [6.07, 6.45) is 3.22. The van der Waals surface area contributed by atoms with Crippen LogP contribution in [0.3, 0.4) is 0 Å². The summed E-state index contributed by atoms with van der Waals surface area (Å²) in [5.41, 5.74) is -0.0607. The van der Waals surface area contributed by atoms with Crippen LogP contribution in [0.25, 0.3) is 0 Å². The van der Waals surface area contributed by atoms with Crippen LogP contribution < -0.4 is 0 Å². The van der Waals surface area contributed by atoms with Crippen LogP contribution in [0.2, 0.25) is 0 Å². The topological polar surface area (TPSA) is 70.8 Å². The zero-order valence-corrected chi connectivity index (χ0v) is 10.5. The lowest BCUT2D eigenvalue weighted by Gasteiger charge is -2.23. The number of nitrogens with zero attached hydrogens (tertiary/aromatic N) is 1. The molecule has 0 spiro atoms. The second kappa shape index (κ2) is 4.84. The first-order valence-corrected chi connectivity index (χ1v) is 6.12. The third-order valence-corrected chi connectivity index (χ3v) is 2.90. The summed E-state index contributed by atoms with van der Waals surface area (Å²) in [6, 6.07) is 1.56. The average molecular weight is 251 g/mol. The van der Waals surface area contributed by atoms with Crippen LogP contribution in [-0.2, 0) is 0 Å². The lowest BCUT2D eigenvalue weighted by molar-refractivity contribution is 0.0645. The fraction of sp³-hybridized carbons (Fsp3) is 0.538. The zero-order valence-electron chi connectivity index (χ0n) is 10.5. The number of rotatable bonds is 5. The molecule has 1 aliphatic rings. The monoisotopic (exact) mass is 251 g/mol. The van der Waals surface area contributed by atoms with E-state index in [-0.39, 0.29) is 23.3 Å². The molecule has 0 bridgehead atoms. The van der Waals surface area contributed by atoms with Crippen LogP contribution in [0.5, 0.6) is 0 Å². The van der Waals surface area contributed by atoms with Crippen molar-refractivity contribution in [3.8, 4) is 0 Å². The molecule has 0 unspecified atom stereocenters. The van der Waals surface area contributed by atoms with E-state index in [0.29, 0.717) is 12.5 Å². The van der Waals surface area contributed by atoms with Crippen LogP contribution in [0.1, 0.15) is 47.6 Å². The number of hydrogen-bond acceptors (Lipinski definition) is 3. The number of carboxylic acid groups (broad SMARTS) is 1. The van der Waals surface area contributed by atoms with Crippen molar-refractivity contribution < 1.29 is 19.1 Å². The van der Waals surface area contributed by atoms with Crippen LogP contribution >= 0.6 is 0 Å². The molecule has 1 aliphatic carbocycles. The Hall–Kier alpha value is -1.78. The molecule has 0 saturated heterocycles. The van der Waals surface area contributed by atoms with Gasteiger partial charge in [-0.25, -0.2) is 4.79 Å². The summed E-state index contributed by atoms with van der Waals surface area (Å²) in [6.45, 7) is 4.69. The minimum Gasteiger partial charge on any atom is -0.478 e. The number of carboxylic acids is 1. The van der Waals surface area contributed by atoms with Crippen molar-refractivity contribution in [3.05, 3.63) is 23.7 Å². The maximum Gasteiger partial charge on any atom is 0.339 e. The van der Waals surface area contributed by atoms with Gasteiger partial charge in [0.1, 0.15) is 5.56 Å². The Morgan fingerprint density at radius 1 is 1.50 bits per heavy atom.